The maximum absolute atomic E-state index is 13.9. The normalized spacial score (nSPS) is 15.4. The van der Waals surface area contributed by atoms with Gasteiger partial charge in [-0.1, -0.05) is 12.1 Å². The Morgan fingerprint density at radius 2 is 1.79 bits per heavy atom. The summed E-state index contributed by atoms with van der Waals surface area (Å²) in [5.41, 5.74) is -0.923. The molecule has 1 aromatic carbocycles. The summed E-state index contributed by atoms with van der Waals surface area (Å²) >= 11 is 0. The minimum Gasteiger partial charge on any atom is -0.454 e. The maximum Gasteiger partial charge on any atom is 0.456 e. The van der Waals surface area contributed by atoms with Crippen molar-refractivity contribution in [1.29, 1.82) is 0 Å². The Balaban J connectivity index is 2.73. The van der Waals surface area contributed by atoms with Crippen molar-refractivity contribution < 1.29 is 26.7 Å². The van der Waals surface area contributed by atoms with Crippen LogP contribution in [-0.4, -0.2) is 13.3 Å². The molecule has 0 amide bonds. The number of fused-ring (bicyclic) bond motifs is 1. The Morgan fingerprint density at radius 1 is 1.16 bits per heavy atom. The summed E-state index contributed by atoms with van der Waals surface area (Å²) in [5.74, 6) is -5.39. The highest BCUT2D eigenvalue weighted by atomic mass is 19.4. The molecule has 0 bridgehead atoms. The summed E-state index contributed by atoms with van der Waals surface area (Å²) in [6.07, 6.45) is -5.36. The molecule has 1 heterocycles. The molecule has 1 aromatic heterocycles. The highest BCUT2D eigenvalue weighted by Gasteiger charge is 2.60. The van der Waals surface area contributed by atoms with Crippen LogP contribution in [-0.2, 0) is 10.6 Å². The van der Waals surface area contributed by atoms with Crippen LogP contribution >= 0.6 is 0 Å². The van der Waals surface area contributed by atoms with Crippen LogP contribution in [0.4, 0.5) is 17.6 Å². The molecule has 0 spiro atoms. The molecule has 1 atom stereocenters. The number of hydrogen-bond acceptors (Lipinski definition) is 3. The Hall–Kier alpha value is -1.89. The smallest absolute Gasteiger partial charge is 0.454 e. The highest BCUT2D eigenvalue weighted by molar-refractivity contribution is 5.76. The van der Waals surface area contributed by atoms with Gasteiger partial charge in [-0.15, -0.1) is 0 Å². The fraction of sp³-hybridized carbons (Fsp3) is 0.250. The van der Waals surface area contributed by atoms with Crippen molar-refractivity contribution in [1.82, 2.24) is 0 Å². The monoisotopic (exact) mass is 276 g/mol. The van der Waals surface area contributed by atoms with Crippen LogP contribution < -0.4 is 5.43 Å². The van der Waals surface area contributed by atoms with E-state index in [0.717, 1.165) is 0 Å². The van der Waals surface area contributed by atoms with Crippen molar-refractivity contribution in [3.8, 4) is 0 Å². The van der Waals surface area contributed by atoms with Crippen molar-refractivity contribution in [2.24, 2.45) is 0 Å². The average Bonchev–Trinajstić information content (AvgIpc) is 2.36. The van der Waals surface area contributed by atoms with E-state index in [-0.39, 0.29) is 11.0 Å². The van der Waals surface area contributed by atoms with E-state index in [1.807, 2.05) is 0 Å². The fourth-order valence-corrected chi connectivity index (χ4v) is 1.62. The lowest BCUT2D eigenvalue weighted by atomic mass is 10.1. The zero-order valence-corrected chi connectivity index (χ0v) is 9.62. The van der Waals surface area contributed by atoms with Gasteiger partial charge in [0.05, 0.1) is 5.39 Å². The first-order valence-corrected chi connectivity index (χ1v) is 5.14. The molecule has 0 N–H and O–H groups in total. The van der Waals surface area contributed by atoms with E-state index in [9.17, 15) is 22.4 Å². The van der Waals surface area contributed by atoms with Crippen LogP contribution in [0.2, 0.25) is 0 Å². The van der Waals surface area contributed by atoms with Crippen LogP contribution in [0.3, 0.4) is 0 Å². The second kappa shape index (κ2) is 4.34. The second-order valence-electron chi connectivity index (χ2n) is 3.77. The standard InChI is InChI=1S/C12H8F4O3/c1-18-11(13,12(14,15)16)10-6-8(17)7-4-2-3-5-9(7)19-10/h2-6H,1H3. The molecule has 7 heteroatoms. The number of alkyl halides is 4. The van der Waals surface area contributed by atoms with Crippen molar-refractivity contribution in [2.45, 2.75) is 12.0 Å². The second-order valence-corrected chi connectivity index (χ2v) is 3.77. The molecule has 0 radical (unpaired) electrons. The Bertz CT molecular complexity index is 662. The van der Waals surface area contributed by atoms with Gasteiger partial charge in [-0.25, -0.2) is 0 Å². The summed E-state index contributed by atoms with van der Waals surface area (Å²) in [4.78, 5) is 11.6. The number of methoxy groups -OCH3 is 1. The molecular formula is C12H8F4O3. The summed E-state index contributed by atoms with van der Waals surface area (Å²) in [5, 5.41) is 0.0619. The van der Waals surface area contributed by atoms with Gasteiger partial charge in [0.1, 0.15) is 5.58 Å². The van der Waals surface area contributed by atoms with Crippen molar-refractivity contribution >= 4 is 11.0 Å². The number of ether oxygens (including phenoxy) is 1. The van der Waals surface area contributed by atoms with Gasteiger partial charge in [0.2, 0.25) is 0 Å². The zero-order chi connectivity index (χ0) is 14.3. The van der Waals surface area contributed by atoms with Gasteiger partial charge in [-0.2, -0.15) is 17.6 Å². The van der Waals surface area contributed by atoms with E-state index in [1.54, 1.807) is 0 Å². The van der Waals surface area contributed by atoms with E-state index < -0.39 is 23.2 Å². The van der Waals surface area contributed by atoms with Crippen LogP contribution in [0.15, 0.2) is 39.5 Å². The van der Waals surface area contributed by atoms with Gasteiger partial charge < -0.3 is 9.15 Å². The largest absolute Gasteiger partial charge is 0.456 e. The van der Waals surface area contributed by atoms with E-state index in [0.29, 0.717) is 13.2 Å². The van der Waals surface area contributed by atoms with E-state index in [2.05, 4.69) is 4.74 Å². The van der Waals surface area contributed by atoms with Gasteiger partial charge in [0.15, 0.2) is 11.2 Å². The maximum atomic E-state index is 13.9. The minimum atomic E-state index is -5.36. The van der Waals surface area contributed by atoms with Crippen molar-refractivity contribution in [3.63, 3.8) is 0 Å². The first-order valence-electron chi connectivity index (χ1n) is 5.14. The highest BCUT2D eigenvalue weighted by Crippen LogP contribution is 2.43. The van der Waals surface area contributed by atoms with Crippen LogP contribution in [0.5, 0.6) is 0 Å². The predicted octanol–water partition coefficient (Wildman–Crippen LogP) is 3.12. The Labute approximate surface area is 104 Å². The third-order valence-electron chi connectivity index (χ3n) is 2.60. The van der Waals surface area contributed by atoms with Crippen LogP contribution in [0, 0.1) is 0 Å². The lowest BCUT2D eigenvalue weighted by Gasteiger charge is -2.24. The molecule has 0 saturated heterocycles. The summed E-state index contributed by atoms with van der Waals surface area (Å²) in [6, 6.07) is 6.05. The minimum absolute atomic E-state index is 0.0619. The number of rotatable bonds is 2. The van der Waals surface area contributed by atoms with E-state index in [4.69, 9.17) is 4.42 Å². The fourth-order valence-electron chi connectivity index (χ4n) is 1.62. The third-order valence-corrected chi connectivity index (χ3v) is 2.60. The number of halogens is 4. The first-order chi connectivity index (χ1) is 8.79. The van der Waals surface area contributed by atoms with Gasteiger partial charge in [0.25, 0.3) is 0 Å². The Morgan fingerprint density at radius 3 is 2.37 bits per heavy atom. The quantitative estimate of drug-likeness (QED) is 0.791. The molecular weight excluding hydrogens is 268 g/mol. The first kappa shape index (κ1) is 13.5. The molecule has 0 aliphatic carbocycles. The van der Waals surface area contributed by atoms with Crippen LogP contribution in [0.25, 0.3) is 11.0 Å². The Kier molecular flexibility index (Phi) is 3.09. The summed E-state index contributed by atoms with van der Waals surface area (Å²) < 4.78 is 60.5. The third kappa shape index (κ3) is 2.10. The molecule has 0 saturated carbocycles. The molecule has 2 rings (SSSR count). The summed E-state index contributed by atoms with van der Waals surface area (Å²) in [7, 11) is 0.544. The van der Waals surface area contributed by atoms with Crippen molar-refractivity contribution in [2.75, 3.05) is 7.11 Å². The molecule has 19 heavy (non-hydrogen) atoms. The predicted molar refractivity (Wildman–Crippen MR) is 58.3 cm³/mol. The van der Waals surface area contributed by atoms with Crippen LogP contribution in [0.1, 0.15) is 5.76 Å². The topological polar surface area (TPSA) is 39.4 Å². The zero-order valence-electron chi connectivity index (χ0n) is 9.62. The molecule has 0 aliphatic heterocycles. The molecule has 1 unspecified atom stereocenters. The van der Waals surface area contributed by atoms with Crippen molar-refractivity contribution in [3.05, 3.63) is 46.3 Å². The lowest BCUT2D eigenvalue weighted by Crippen LogP contribution is -2.40. The molecule has 2 aromatic rings. The van der Waals surface area contributed by atoms with Gasteiger partial charge in [-0.3, -0.25) is 4.79 Å². The van der Waals surface area contributed by atoms with Gasteiger partial charge >= 0.3 is 12.0 Å². The van der Waals surface area contributed by atoms with E-state index >= 15 is 0 Å². The summed E-state index contributed by atoms with van der Waals surface area (Å²) in [6.45, 7) is 0. The molecule has 3 nitrogen and oxygen atoms in total. The van der Waals surface area contributed by atoms with E-state index in [1.165, 1.54) is 24.3 Å². The molecule has 0 fully saturated rings. The molecule has 102 valence electrons. The van der Waals surface area contributed by atoms with Gasteiger partial charge in [-0.05, 0) is 12.1 Å². The average molecular weight is 276 g/mol. The molecule has 0 aliphatic rings. The number of para-hydroxylation sites is 1. The van der Waals surface area contributed by atoms with Gasteiger partial charge in [0, 0.05) is 13.2 Å². The number of hydrogen-bond donors (Lipinski definition) is 0. The lowest BCUT2D eigenvalue weighted by molar-refractivity contribution is -0.339. The SMILES string of the molecule is COC(F)(c1cc(=O)c2ccccc2o1)C(F)(F)F. The number of benzene rings is 1.